The fourth-order valence-electron chi connectivity index (χ4n) is 2.32. The van der Waals surface area contributed by atoms with Gasteiger partial charge in [-0.25, -0.2) is 0 Å². The molecule has 0 fully saturated rings. The molecule has 1 heterocycles. The highest BCUT2D eigenvalue weighted by atomic mass is 16.5. The van der Waals surface area contributed by atoms with Gasteiger partial charge in [-0.1, -0.05) is 12.1 Å². The molecule has 8 heteroatoms. The molecule has 0 unspecified atom stereocenters. The van der Waals surface area contributed by atoms with Gasteiger partial charge in [0.25, 0.3) is 5.91 Å². The molecular weight excluding hydrogens is 312 g/mol. The Morgan fingerprint density at radius 2 is 2.00 bits per heavy atom. The van der Waals surface area contributed by atoms with E-state index in [0.29, 0.717) is 5.75 Å². The molecule has 24 heavy (non-hydrogen) atoms. The summed E-state index contributed by atoms with van der Waals surface area (Å²) in [5.74, 6) is -0.182. The molecule has 0 bridgehead atoms. The largest absolute Gasteiger partial charge is 0.477 e. The highest BCUT2D eigenvalue weighted by Crippen LogP contribution is 2.32. The number of carbonyl (C=O) groups excluding carboxylic acids is 3. The van der Waals surface area contributed by atoms with Gasteiger partial charge < -0.3 is 25.2 Å². The lowest BCUT2D eigenvalue weighted by atomic mass is 10.1. The number of nitrogens with one attached hydrogen (secondary N) is 2. The first kappa shape index (κ1) is 17.6. The number of fused-ring (bicyclic) bond motifs is 1. The Labute approximate surface area is 140 Å². The number of ether oxygens (including phenoxy) is 1. The van der Waals surface area contributed by atoms with Gasteiger partial charge in [0.05, 0.1) is 25.3 Å². The van der Waals surface area contributed by atoms with Crippen LogP contribution in [-0.2, 0) is 14.4 Å². The molecular formula is C16H22N4O4. The second-order valence-corrected chi connectivity index (χ2v) is 5.63. The van der Waals surface area contributed by atoms with E-state index in [4.69, 9.17) is 4.74 Å². The smallest absolute Gasteiger partial charge is 0.262 e. The molecule has 0 aliphatic carbocycles. The average molecular weight is 334 g/mol. The maximum absolute atomic E-state index is 12.1. The molecule has 1 aromatic carbocycles. The minimum absolute atomic E-state index is 0.0363. The van der Waals surface area contributed by atoms with E-state index >= 15 is 0 Å². The van der Waals surface area contributed by atoms with E-state index < -0.39 is 6.10 Å². The molecule has 0 saturated heterocycles. The number of hydrogen-bond acceptors (Lipinski definition) is 5. The molecule has 8 nitrogen and oxygen atoms in total. The normalized spacial score (nSPS) is 15.8. The maximum Gasteiger partial charge on any atom is 0.262 e. The van der Waals surface area contributed by atoms with Crippen molar-refractivity contribution in [3.05, 3.63) is 24.3 Å². The molecule has 1 aliphatic rings. The van der Waals surface area contributed by atoms with E-state index in [9.17, 15) is 14.4 Å². The molecule has 0 radical (unpaired) electrons. The lowest BCUT2D eigenvalue weighted by Crippen LogP contribution is -2.51. The Kier molecular flexibility index (Phi) is 5.62. The molecule has 130 valence electrons. The number of anilines is 1. The summed E-state index contributed by atoms with van der Waals surface area (Å²) >= 11 is 0. The number of para-hydroxylation sites is 2. The van der Waals surface area contributed by atoms with Crippen LogP contribution < -0.4 is 20.3 Å². The van der Waals surface area contributed by atoms with E-state index in [2.05, 4.69) is 10.6 Å². The summed E-state index contributed by atoms with van der Waals surface area (Å²) in [6.07, 6.45) is -0.693. The molecule has 3 amide bonds. The predicted molar refractivity (Wildman–Crippen MR) is 88.8 cm³/mol. The van der Waals surface area contributed by atoms with Crippen molar-refractivity contribution >= 4 is 23.4 Å². The van der Waals surface area contributed by atoms with Crippen molar-refractivity contribution in [2.75, 3.05) is 45.7 Å². The molecule has 0 aromatic heterocycles. The SMILES string of the molecule is CNC(=O)[C@@H]1CN(CC(=O)NCC(=O)N(C)C)c2ccccc2O1. The second-order valence-electron chi connectivity index (χ2n) is 5.63. The lowest BCUT2D eigenvalue weighted by molar-refractivity contribution is -0.130. The first-order chi connectivity index (χ1) is 11.4. The summed E-state index contributed by atoms with van der Waals surface area (Å²) in [4.78, 5) is 38.7. The van der Waals surface area contributed by atoms with Crippen molar-refractivity contribution in [1.29, 1.82) is 0 Å². The van der Waals surface area contributed by atoms with Crippen LogP contribution in [0.1, 0.15) is 0 Å². The van der Waals surface area contributed by atoms with Crippen molar-refractivity contribution < 1.29 is 19.1 Å². The van der Waals surface area contributed by atoms with E-state index in [1.54, 1.807) is 31.1 Å². The quantitative estimate of drug-likeness (QED) is 0.736. The first-order valence-corrected chi connectivity index (χ1v) is 7.61. The molecule has 2 rings (SSSR count). The first-order valence-electron chi connectivity index (χ1n) is 7.61. The van der Waals surface area contributed by atoms with Gasteiger partial charge in [0, 0.05) is 21.1 Å². The third kappa shape index (κ3) is 4.15. The van der Waals surface area contributed by atoms with Gasteiger partial charge in [-0.3, -0.25) is 14.4 Å². The minimum atomic E-state index is -0.693. The third-order valence-corrected chi connectivity index (χ3v) is 3.67. The maximum atomic E-state index is 12.1. The molecule has 1 aromatic rings. The fraction of sp³-hybridized carbons (Fsp3) is 0.438. The van der Waals surface area contributed by atoms with Crippen molar-refractivity contribution in [2.45, 2.75) is 6.10 Å². The van der Waals surface area contributed by atoms with Gasteiger partial charge in [0.2, 0.25) is 11.8 Å². The monoisotopic (exact) mass is 334 g/mol. The Hall–Kier alpha value is -2.77. The number of benzene rings is 1. The summed E-state index contributed by atoms with van der Waals surface area (Å²) in [7, 11) is 4.79. The minimum Gasteiger partial charge on any atom is -0.477 e. The predicted octanol–water partition coefficient (Wildman–Crippen LogP) is -0.796. The van der Waals surface area contributed by atoms with Crippen LogP contribution in [0.2, 0.25) is 0 Å². The summed E-state index contributed by atoms with van der Waals surface area (Å²) in [5.41, 5.74) is 0.742. The molecule has 1 atom stereocenters. The van der Waals surface area contributed by atoms with Gasteiger partial charge in [-0.15, -0.1) is 0 Å². The van der Waals surface area contributed by atoms with Crippen LogP contribution in [0.3, 0.4) is 0 Å². The highest BCUT2D eigenvalue weighted by molar-refractivity contribution is 5.88. The van der Waals surface area contributed by atoms with Gasteiger partial charge >= 0.3 is 0 Å². The zero-order valence-corrected chi connectivity index (χ0v) is 14.0. The topological polar surface area (TPSA) is 91.0 Å². The highest BCUT2D eigenvalue weighted by Gasteiger charge is 2.30. The van der Waals surface area contributed by atoms with Crippen molar-refractivity contribution in [3.63, 3.8) is 0 Å². The van der Waals surface area contributed by atoms with Gasteiger partial charge in [0.15, 0.2) is 6.10 Å². The Bertz CT molecular complexity index is 632. The standard InChI is InChI=1S/C16H22N4O4/c1-17-16(23)13-9-20(11-6-4-5-7-12(11)24-13)10-14(21)18-8-15(22)19(2)3/h4-7,13H,8-10H2,1-3H3,(H,17,23)(H,18,21)/t13-/m0/s1. The van der Waals surface area contributed by atoms with Crippen LogP contribution in [-0.4, -0.2) is 69.5 Å². The van der Waals surface area contributed by atoms with Crippen LogP contribution in [0, 0.1) is 0 Å². The number of hydrogen-bond donors (Lipinski definition) is 2. The molecule has 2 N–H and O–H groups in total. The molecule has 1 aliphatic heterocycles. The van der Waals surface area contributed by atoms with Crippen molar-refractivity contribution in [3.8, 4) is 5.75 Å². The van der Waals surface area contributed by atoms with Gasteiger partial charge in [-0.2, -0.15) is 0 Å². The van der Waals surface area contributed by atoms with E-state index in [1.165, 1.54) is 11.9 Å². The summed E-state index contributed by atoms with van der Waals surface area (Å²) in [6, 6.07) is 7.22. The zero-order valence-electron chi connectivity index (χ0n) is 14.0. The Morgan fingerprint density at radius 3 is 2.67 bits per heavy atom. The Morgan fingerprint density at radius 1 is 1.29 bits per heavy atom. The van der Waals surface area contributed by atoms with Crippen molar-refractivity contribution in [1.82, 2.24) is 15.5 Å². The number of likely N-dealkylation sites (N-methyl/N-ethyl adjacent to an activating group) is 2. The number of carbonyl (C=O) groups is 3. The van der Waals surface area contributed by atoms with E-state index in [1.807, 2.05) is 12.1 Å². The van der Waals surface area contributed by atoms with Crippen LogP contribution in [0.15, 0.2) is 24.3 Å². The zero-order chi connectivity index (χ0) is 17.7. The van der Waals surface area contributed by atoms with Crippen LogP contribution in [0.25, 0.3) is 0 Å². The summed E-state index contributed by atoms with van der Waals surface area (Å²) in [6.45, 7) is 0.233. The van der Waals surface area contributed by atoms with Gasteiger partial charge in [-0.05, 0) is 12.1 Å². The lowest BCUT2D eigenvalue weighted by Gasteiger charge is -2.35. The second kappa shape index (κ2) is 7.67. The number of amides is 3. The van der Waals surface area contributed by atoms with Crippen LogP contribution in [0.5, 0.6) is 5.75 Å². The fourth-order valence-corrected chi connectivity index (χ4v) is 2.32. The van der Waals surface area contributed by atoms with Gasteiger partial charge in [0.1, 0.15) is 5.75 Å². The summed E-state index contributed by atoms with van der Waals surface area (Å²) in [5, 5.41) is 5.14. The van der Waals surface area contributed by atoms with Crippen LogP contribution >= 0.6 is 0 Å². The number of rotatable bonds is 5. The summed E-state index contributed by atoms with van der Waals surface area (Å²) < 4.78 is 5.68. The third-order valence-electron chi connectivity index (χ3n) is 3.67. The van der Waals surface area contributed by atoms with E-state index in [-0.39, 0.29) is 37.4 Å². The molecule has 0 spiro atoms. The Balaban J connectivity index is 2.06. The van der Waals surface area contributed by atoms with Crippen molar-refractivity contribution in [2.24, 2.45) is 0 Å². The average Bonchev–Trinajstić information content (AvgIpc) is 2.58. The van der Waals surface area contributed by atoms with E-state index in [0.717, 1.165) is 5.69 Å². The molecule has 0 saturated carbocycles. The number of nitrogens with zero attached hydrogens (tertiary/aromatic N) is 2. The van der Waals surface area contributed by atoms with Crippen LogP contribution in [0.4, 0.5) is 5.69 Å².